The van der Waals surface area contributed by atoms with Crippen molar-refractivity contribution in [2.75, 3.05) is 47.8 Å². The first kappa shape index (κ1) is 48.2. The van der Waals surface area contributed by atoms with Crippen molar-refractivity contribution in [1.82, 2.24) is 5.32 Å². The molecule has 342 valence electrons. The van der Waals surface area contributed by atoms with Crippen LogP contribution in [0.15, 0.2) is 18.2 Å². The third-order valence-corrected chi connectivity index (χ3v) is 11.6. The zero-order chi connectivity index (χ0) is 43.5. The predicted molar refractivity (Wildman–Crippen MR) is 205 cm³/mol. The van der Waals surface area contributed by atoms with Crippen LogP contribution in [0.25, 0.3) is 0 Å². The first-order valence-corrected chi connectivity index (χ1v) is 20.6. The summed E-state index contributed by atoms with van der Waals surface area (Å²) in [4.78, 5) is 26.0. The number of esters is 1. The Morgan fingerprint density at radius 2 is 1.38 bits per heavy atom. The molecule has 3 aliphatic heterocycles. The number of benzene rings is 1. The number of nitrogens with one attached hydrogen (secondary N) is 1. The summed E-state index contributed by atoms with van der Waals surface area (Å²) in [7, 11) is 4.06. The first-order valence-electron chi connectivity index (χ1n) is 20.6. The lowest BCUT2D eigenvalue weighted by Crippen LogP contribution is -2.70. The molecule has 3 saturated heterocycles. The van der Waals surface area contributed by atoms with Gasteiger partial charge in [0.05, 0.1) is 47.3 Å². The smallest absolute Gasteiger partial charge is 0.305 e. The van der Waals surface area contributed by atoms with Crippen LogP contribution in [-0.2, 0) is 42.7 Å². The highest BCUT2D eigenvalue weighted by atomic mass is 16.8. The molecule has 1 aromatic rings. The molecule has 4 aliphatic rings. The fraction of sp³-hybridized carbons (Fsp3) is 0.800. The number of aliphatic hydroxyl groups excluding tert-OH is 7. The Labute approximate surface area is 348 Å². The molecule has 0 spiro atoms. The maximum Gasteiger partial charge on any atom is 0.305 e. The number of carbonyl (C=O) groups is 2. The Balaban J connectivity index is 1.49. The van der Waals surface area contributed by atoms with Crippen molar-refractivity contribution < 1.29 is 92.7 Å². The lowest BCUT2D eigenvalue weighted by atomic mass is 9.87. The van der Waals surface area contributed by atoms with Crippen molar-refractivity contribution in [3.05, 3.63) is 23.8 Å². The monoisotopic (exact) mass is 861 g/mol. The van der Waals surface area contributed by atoms with Crippen molar-refractivity contribution in [2.24, 2.45) is 5.92 Å². The quantitative estimate of drug-likeness (QED) is 0.0604. The van der Waals surface area contributed by atoms with Crippen LogP contribution < -0.4 is 14.8 Å². The van der Waals surface area contributed by atoms with Crippen molar-refractivity contribution in [3.63, 3.8) is 0 Å². The average molecular weight is 862 g/mol. The van der Waals surface area contributed by atoms with E-state index in [1.165, 1.54) is 52.9 Å². The summed E-state index contributed by atoms with van der Waals surface area (Å²) < 4.78 is 58.2. The van der Waals surface area contributed by atoms with Gasteiger partial charge in [0.1, 0.15) is 67.1 Å². The van der Waals surface area contributed by atoms with Gasteiger partial charge in [0, 0.05) is 18.6 Å². The lowest BCUT2D eigenvalue weighted by Gasteiger charge is -2.50. The minimum atomic E-state index is -1.85. The van der Waals surface area contributed by atoms with E-state index < -0.39 is 117 Å². The highest BCUT2D eigenvalue weighted by molar-refractivity contribution is 5.95. The highest BCUT2D eigenvalue weighted by Gasteiger charge is 2.55. The topological polar surface area (TPSA) is 280 Å². The molecule has 15 unspecified atom stereocenters. The molecule has 60 heavy (non-hydrogen) atoms. The van der Waals surface area contributed by atoms with Gasteiger partial charge in [0.2, 0.25) is 0 Å². The Hall–Kier alpha value is -2.80. The molecule has 15 atom stereocenters. The predicted octanol–water partition coefficient (Wildman–Crippen LogP) is -1.12. The number of amides is 1. The van der Waals surface area contributed by atoms with Gasteiger partial charge in [0.15, 0.2) is 30.4 Å². The number of aliphatic hydroxyl groups is 7. The third-order valence-electron chi connectivity index (χ3n) is 11.6. The molecular weight excluding hydrogens is 798 g/mol. The second-order valence-electron chi connectivity index (χ2n) is 15.6. The molecule has 4 fully saturated rings. The fourth-order valence-corrected chi connectivity index (χ4v) is 8.05. The first-order chi connectivity index (χ1) is 28.8. The molecule has 0 aromatic heterocycles. The Morgan fingerprint density at radius 1 is 0.717 bits per heavy atom. The molecule has 1 amide bonds. The van der Waals surface area contributed by atoms with Gasteiger partial charge in [-0.25, -0.2) is 0 Å². The molecule has 1 saturated carbocycles. The van der Waals surface area contributed by atoms with Crippen LogP contribution in [0, 0.1) is 5.92 Å². The van der Waals surface area contributed by atoms with Crippen LogP contribution in [0.3, 0.4) is 0 Å². The normalized spacial score (nSPS) is 36.4. The summed E-state index contributed by atoms with van der Waals surface area (Å²) in [5, 5.41) is 78.9. The summed E-state index contributed by atoms with van der Waals surface area (Å²) in [6.45, 7) is 0.0602. The fourth-order valence-electron chi connectivity index (χ4n) is 8.05. The van der Waals surface area contributed by atoms with Crippen LogP contribution in [-0.4, -0.2) is 187 Å². The number of rotatable bonds is 19. The zero-order valence-corrected chi connectivity index (χ0v) is 34.5. The van der Waals surface area contributed by atoms with E-state index in [9.17, 15) is 45.3 Å². The van der Waals surface area contributed by atoms with Crippen LogP contribution in [0.5, 0.6) is 11.5 Å². The highest BCUT2D eigenvalue weighted by Crippen LogP contribution is 2.36. The van der Waals surface area contributed by atoms with Gasteiger partial charge in [0.25, 0.3) is 5.91 Å². The third kappa shape index (κ3) is 11.8. The maximum absolute atomic E-state index is 14.1. The molecule has 0 radical (unpaired) electrons. The molecule has 1 aliphatic carbocycles. The van der Waals surface area contributed by atoms with E-state index in [0.29, 0.717) is 18.1 Å². The van der Waals surface area contributed by atoms with Gasteiger partial charge in [-0.2, -0.15) is 0 Å². The van der Waals surface area contributed by atoms with Crippen LogP contribution in [0.2, 0.25) is 0 Å². The van der Waals surface area contributed by atoms with Gasteiger partial charge >= 0.3 is 5.97 Å². The molecule has 20 heteroatoms. The second kappa shape index (κ2) is 23.0. The summed E-state index contributed by atoms with van der Waals surface area (Å²) in [6.07, 6.45) is -14.8. The molecule has 20 nitrogen and oxygen atoms in total. The number of methoxy groups -OCH3 is 3. The van der Waals surface area contributed by atoms with Gasteiger partial charge in [-0.05, 0) is 43.9 Å². The molecule has 0 bridgehead atoms. The number of hydrogen-bond acceptors (Lipinski definition) is 19. The van der Waals surface area contributed by atoms with Crippen molar-refractivity contribution in [3.8, 4) is 11.5 Å². The molecule has 5 rings (SSSR count). The summed E-state index contributed by atoms with van der Waals surface area (Å²) >= 11 is 0. The van der Waals surface area contributed by atoms with Crippen LogP contribution in [0.1, 0.15) is 68.6 Å². The summed E-state index contributed by atoms with van der Waals surface area (Å²) in [5.74, 6) is -0.224. The second-order valence-corrected chi connectivity index (χ2v) is 15.6. The zero-order valence-electron chi connectivity index (χ0n) is 34.5. The maximum atomic E-state index is 14.1. The van der Waals surface area contributed by atoms with Gasteiger partial charge in [-0.1, -0.05) is 32.1 Å². The van der Waals surface area contributed by atoms with Crippen molar-refractivity contribution >= 4 is 11.9 Å². The van der Waals surface area contributed by atoms with E-state index >= 15 is 0 Å². The SMILES string of the molecule is COC(=O)CCCOC1OC(CO)C(OC2OC(CO)C(O)C(OCCC3CCCCC3)C2O)C(OC2OC(C)C(O)C(O)C2O)C1NC(=O)c1ccc(OC)c(OC)c1. The summed E-state index contributed by atoms with van der Waals surface area (Å²) in [6, 6.07) is 2.96. The van der Waals surface area contributed by atoms with E-state index in [1.54, 1.807) is 0 Å². The van der Waals surface area contributed by atoms with E-state index in [-0.39, 0.29) is 37.4 Å². The van der Waals surface area contributed by atoms with E-state index in [4.69, 9.17) is 47.4 Å². The molecular formula is C40H63NO19. The molecule has 1 aromatic carbocycles. The van der Waals surface area contributed by atoms with E-state index in [0.717, 1.165) is 25.7 Å². The van der Waals surface area contributed by atoms with E-state index in [2.05, 4.69) is 5.32 Å². The summed E-state index contributed by atoms with van der Waals surface area (Å²) in [5.41, 5.74) is 0.0812. The molecule has 3 heterocycles. The van der Waals surface area contributed by atoms with Gasteiger partial charge < -0.3 is 88.4 Å². The minimum Gasteiger partial charge on any atom is -0.493 e. The minimum absolute atomic E-state index is 0.0279. The van der Waals surface area contributed by atoms with E-state index in [1.807, 2.05) is 0 Å². The Morgan fingerprint density at radius 3 is 2.05 bits per heavy atom. The van der Waals surface area contributed by atoms with Crippen molar-refractivity contribution in [2.45, 2.75) is 150 Å². The lowest BCUT2D eigenvalue weighted by molar-refractivity contribution is -0.374. The Kier molecular flexibility index (Phi) is 18.5. The number of ether oxygens (including phenoxy) is 10. The standard InChI is InChI=1S/C40H63NO19/c1-20-29(45)31(47)32(48)39(56-20)60-35-28(41-37(50)22-12-13-23(51-2)24(17-22)52-3)38(55-15-8-11-27(44)53-4)58-26(19-43)34(35)59-40-33(49)36(30(46)25(18-42)57-40)54-16-14-21-9-6-5-7-10-21/h12-13,17,20-21,25-26,28-36,38-40,42-43,45-49H,5-11,14-16,18-19H2,1-4H3,(H,41,50). The van der Waals surface area contributed by atoms with Gasteiger partial charge in [-0.3, -0.25) is 9.59 Å². The Bertz CT molecular complexity index is 1480. The van der Waals surface area contributed by atoms with Crippen LogP contribution >= 0.6 is 0 Å². The largest absolute Gasteiger partial charge is 0.493 e. The van der Waals surface area contributed by atoms with Gasteiger partial charge in [-0.15, -0.1) is 0 Å². The van der Waals surface area contributed by atoms with Crippen LogP contribution in [0.4, 0.5) is 0 Å². The van der Waals surface area contributed by atoms with Crippen molar-refractivity contribution in [1.29, 1.82) is 0 Å². The average Bonchev–Trinajstić information content (AvgIpc) is 3.26. The number of hydrogen-bond donors (Lipinski definition) is 8. The number of carbonyl (C=O) groups excluding carboxylic acids is 2. The molecule has 8 N–H and O–H groups in total.